The van der Waals surface area contributed by atoms with Gasteiger partial charge in [0.2, 0.25) is 0 Å². The number of rotatable bonds is 2. The lowest BCUT2D eigenvalue weighted by Gasteiger charge is -2.07. The molecule has 2 rings (SSSR count). The van der Waals surface area contributed by atoms with Crippen LogP contribution in [0.25, 0.3) is 11.3 Å². The van der Waals surface area contributed by atoms with Gasteiger partial charge in [-0.2, -0.15) is 0 Å². The first-order chi connectivity index (χ1) is 7.20. The molecule has 2 nitrogen and oxygen atoms in total. The SMILES string of the molecule is CC(C)c1[nH]cnc1-c1ccccc1Br. The number of nitrogens with one attached hydrogen (secondary N) is 1. The van der Waals surface area contributed by atoms with Gasteiger partial charge in [0.15, 0.2) is 0 Å². The number of benzene rings is 1. The van der Waals surface area contributed by atoms with Crippen molar-refractivity contribution in [3.05, 3.63) is 40.8 Å². The molecular formula is C12H13BrN2. The summed E-state index contributed by atoms with van der Waals surface area (Å²) in [6.45, 7) is 4.32. The molecular weight excluding hydrogens is 252 g/mol. The molecule has 0 radical (unpaired) electrons. The highest BCUT2D eigenvalue weighted by Crippen LogP contribution is 2.31. The first kappa shape index (κ1) is 10.4. The van der Waals surface area contributed by atoms with Crippen LogP contribution in [0.1, 0.15) is 25.5 Å². The van der Waals surface area contributed by atoms with E-state index in [4.69, 9.17) is 0 Å². The Labute approximate surface area is 97.9 Å². The predicted molar refractivity (Wildman–Crippen MR) is 65.8 cm³/mol. The Morgan fingerprint density at radius 2 is 2.00 bits per heavy atom. The zero-order valence-electron chi connectivity index (χ0n) is 8.79. The van der Waals surface area contributed by atoms with Crippen LogP contribution in [0.3, 0.4) is 0 Å². The zero-order chi connectivity index (χ0) is 10.8. The Morgan fingerprint density at radius 1 is 1.27 bits per heavy atom. The van der Waals surface area contributed by atoms with Crippen molar-refractivity contribution in [2.75, 3.05) is 0 Å². The van der Waals surface area contributed by atoms with Crippen molar-refractivity contribution in [1.82, 2.24) is 9.97 Å². The molecule has 1 N–H and O–H groups in total. The molecule has 0 fully saturated rings. The smallest absolute Gasteiger partial charge is 0.0929 e. The molecule has 0 saturated heterocycles. The highest BCUT2D eigenvalue weighted by atomic mass is 79.9. The van der Waals surface area contributed by atoms with E-state index in [1.54, 1.807) is 6.33 Å². The third kappa shape index (κ3) is 1.97. The fourth-order valence-electron chi connectivity index (χ4n) is 1.61. The third-order valence-corrected chi connectivity index (χ3v) is 3.07. The lowest BCUT2D eigenvalue weighted by molar-refractivity contribution is 0.834. The summed E-state index contributed by atoms with van der Waals surface area (Å²) >= 11 is 3.55. The highest BCUT2D eigenvalue weighted by molar-refractivity contribution is 9.10. The Kier molecular flexibility index (Phi) is 2.91. The van der Waals surface area contributed by atoms with E-state index in [-0.39, 0.29) is 0 Å². The monoisotopic (exact) mass is 264 g/mol. The maximum Gasteiger partial charge on any atom is 0.0929 e. The molecule has 0 saturated carbocycles. The van der Waals surface area contributed by atoms with E-state index in [0.717, 1.165) is 15.7 Å². The van der Waals surface area contributed by atoms with E-state index in [1.165, 1.54) is 5.69 Å². The molecule has 2 aromatic rings. The van der Waals surface area contributed by atoms with Crippen LogP contribution in [0.2, 0.25) is 0 Å². The molecule has 15 heavy (non-hydrogen) atoms. The average molecular weight is 265 g/mol. The Hall–Kier alpha value is -1.09. The largest absolute Gasteiger partial charge is 0.348 e. The summed E-state index contributed by atoms with van der Waals surface area (Å²) < 4.78 is 1.08. The van der Waals surface area contributed by atoms with E-state index >= 15 is 0 Å². The molecule has 3 heteroatoms. The van der Waals surface area contributed by atoms with Crippen LogP contribution in [-0.4, -0.2) is 9.97 Å². The summed E-state index contributed by atoms with van der Waals surface area (Å²) in [6.07, 6.45) is 1.75. The summed E-state index contributed by atoms with van der Waals surface area (Å²) in [6, 6.07) is 8.15. The first-order valence-corrected chi connectivity index (χ1v) is 5.77. The minimum atomic E-state index is 0.453. The standard InChI is InChI=1S/C12H13BrN2/c1-8(2)11-12(15-7-14-11)9-5-3-4-6-10(9)13/h3-8H,1-2H3,(H,14,15). The van der Waals surface area contributed by atoms with Crippen LogP contribution in [0.4, 0.5) is 0 Å². The van der Waals surface area contributed by atoms with E-state index in [9.17, 15) is 0 Å². The Morgan fingerprint density at radius 3 is 2.67 bits per heavy atom. The fourth-order valence-corrected chi connectivity index (χ4v) is 2.08. The molecule has 0 spiro atoms. The Balaban J connectivity index is 2.55. The Bertz CT molecular complexity index is 460. The van der Waals surface area contributed by atoms with Gasteiger partial charge in [0, 0.05) is 15.7 Å². The average Bonchev–Trinajstić information content (AvgIpc) is 2.67. The van der Waals surface area contributed by atoms with E-state index in [1.807, 2.05) is 18.2 Å². The van der Waals surface area contributed by atoms with Gasteiger partial charge in [0.1, 0.15) is 0 Å². The van der Waals surface area contributed by atoms with Crippen molar-refractivity contribution in [3.8, 4) is 11.3 Å². The summed E-state index contributed by atoms with van der Waals surface area (Å²) in [5.74, 6) is 0.453. The fraction of sp³-hybridized carbons (Fsp3) is 0.250. The van der Waals surface area contributed by atoms with Gasteiger partial charge in [-0.1, -0.05) is 48.0 Å². The molecule has 1 aromatic carbocycles. The van der Waals surface area contributed by atoms with Gasteiger partial charge in [-0.15, -0.1) is 0 Å². The minimum absolute atomic E-state index is 0.453. The van der Waals surface area contributed by atoms with Crippen molar-refractivity contribution in [3.63, 3.8) is 0 Å². The number of aromatic nitrogens is 2. The van der Waals surface area contributed by atoms with Crippen molar-refractivity contribution >= 4 is 15.9 Å². The van der Waals surface area contributed by atoms with Crippen LogP contribution in [0.5, 0.6) is 0 Å². The van der Waals surface area contributed by atoms with Crippen molar-refractivity contribution in [2.24, 2.45) is 0 Å². The van der Waals surface area contributed by atoms with Crippen LogP contribution >= 0.6 is 15.9 Å². The van der Waals surface area contributed by atoms with Gasteiger partial charge in [0.05, 0.1) is 12.0 Å². The van der Waals surface area contributed by atoms with E-state index in [0.29, 0.717) is 5.92 Å². The maximum absolute atomic E-state index is 4.38. The summed E-state index contributed by atoms with van der Waals surface area (Å²) in [5, 5.41) is 0. The molecule has 1 heterocycles. The van der Waals surface area contributed by atoms with Gasteiger partial charge in [-0.25, -0.2) is 4.98 Å². The van der Waals surface area contributed by atoms with Crippen LogP contribution < -0.4 is 0 Å². The summed E-state index contributed by atoms with van der Waals surface area (Å²) in [4.78, 5) is 7.58. The summed E-state index contributed by atoms with van der Waals surface area (Å²) in [7, 11) is 0. The lowest BCUT2D eigenvalue weighted by atomic mass is 10.0. The van der Waals surface area contributed by atoms with Crippen LogP contribution in [-0.2, 0) is 0 Å². The number of imidazole rings is 1. The number of halogens is 1. The van der Waals surface area contributed by atoms with Gasteiger partial charge in [-0.05, 0) is 12.0 Å². The van der Waals surface area contributed by atoms with E-state index < -0.39 is 0 Å². The molecule has 0 amide bonds. The van der Waals surface area contributed by atoms with E-state index in [2.05, 4.69) is 45.8 Å². The molecule has 78 valence electrons. The maximum atomic E-state index is 4.38. The van der Waals surface area contributed by atoms with Crippen LogP contribution in [0.15, 0.2) is 35.1 Å². The first-order valence-electron chi connectivity index (χ1n) is 4.98. The lowest BCUT2D eigenvalue weighted by Crippen LogP contribution is -1.91. The predicted octanol–water partition coefficient (Wildman–Crippen LogP) is 3.96. The number of hydrogen-bond donors (Lipinski definition) is 1. The number of nitrogens with zero attached hydrogens (tertiary/aromatic N) is 1. The molecule has 0 atom stereocenters. The molecule has 0 unspecified atom stereocenters. The molecule has 0 aliphatic rings. The number of H-pyrrole nitrogens is 1. The van der Waals surface area contributed by atoms with Gasteiger partial charge in [-0.3, -0.25) is 0 Å². The number of hydrogen-bond acceptors (Lipinski definition) is 1. The van der Waals surface area contributed by atoms with Gasteiger partial charge >= 0.3 is 0 Å². The summed E-state index contributed by atoms with van der Waals surface area (Å²) in [5.41, 5.74) is 3.36. The molecule has 1 aromatic heterocycles. The second-order valence-corrected chi connectivity index (χ2v) is 4.65. The molecule has 0 bridgehead atoms. The highest BCUT2D eigenvalue weighted by Gasteiger charge is 2.12. The second kappa shape index (κ2) is 4.19. The molecule has 0 aliphatic heterocycles. The normalized spacial score (nSPS) is 10.9. The van der Waals surface area contributed by atoms with Crippen molar-refractivity contribution in [2.45, 2.75) is 19.8 Å². The quantitative estimate of drug-likeness (QED) is 0.874. The van der Waals surface area contributed by atoms with Crippen molar-refractivity contribution in [1.29, 1.82) is 0 Å². The molecule has 0 aliphatic carbocycles. The van der Waals surface area contributed by atoms with Crippen molar-refractivity contribution < 1.29 is 0 Å². The van der Waals surface area contributed by atoms with Gasteiger partial charge < -0.3 is 4.98 Å². The van der Waals surface area contributed by atoms with Gasteiger partial charge in [0.25, 0.3) is 0 Å². The zero-order valence-corrected chi connectivity index (χ0v) is 10.4. The minimum Gasteiger partial charge on any atom is -0.348 e. The van der Waals surface area contributed by atoms with Crippen LogP contribution in [0, 0.1) is 0 Å². The topological polar surface area (TPSA) is 28.7 Å². The second-order valence-electron chi connectivity index (χ2n) is 3.80. The number of aromatic amines is 1. The third-order valence-electron chi connectivity index (χ3n) is 2.38.